The van der Waals surface area contributed by atoms with Gasteiger partial charge in [0, 0.05) is 6.07 Å². The van der Waals surface area contributed by atoms with E-state index in [-0.39, 0.29) is 30.1 Å². The average molecular weight is 639 g/mol. The van der Waals surface area contributed by atoms with Gasteiger partial charge in [0.2, 0.25) is 5.91 Å². The first-order chi connectivity index (χ1) is 22.6. The van der Waals surface area contributed by atoms with Crippen molar-refractivity contribution in [1.82, 2.24) is 15.1 Å². The number of esters is 1. The fourth-order valence-electron chi connectivity index (χ4n) is 5.39. The standard InChI is InChI=1S/C37H42N4O6/c1-37(2,3)47-36(44)30-22-31(35(43)39-29-19-11-13-21-33(29)46-25-27-16-8-5-9-17-27)41(40-30)23-34(42)38-28-18-10-12-20-32(28)45-24-26-14-6-4-7-15-26/h4-10,12,14-18,20,22,29,33H,11,13,19,21,23-25H2,1-3H3,(H,38,42)(H,39,43)/t29-,33-/m0/s1. The van der Waals surface area contributed by atoms with Crippen LogP contribution in [0.4, 0.5) is 5.69 Å². The quantitative estimate of drug-likeness (QED) is 0.174. The number of hydrogen-bond donors (Lipinski definition) is 2. The predicted octanol–water partition coefficient (Wildman–Crippen LogP) is 6.31. The third-order valence-corrected chi connectivity index (χ3v) is 7.64. The summed E-state index contributed by atoms with van der Waals surface area (Å²) in [4.78, 5) is 40.1. The molecular formula is C37H42N4O6. The normalized spacial score (nSPS) is 16.2. The van der Waals surface area contributed by atoms with Crippen LogP contribution in [0.25, 0.3) is 0 Å². The van der Waals surface area contributed by atoms with Crippen molar-refractivity contribution in [2.45, 2.75) is 84.0 Å². The van der Waals surface area contributed by atoms with Crippen molar-refractivity contribution in [3.8, 4) is 5.75 Å². The van der Waals surface area contributed by atoms with Gasteiger partial charge in [-0.05, 0) is 56.9 Å². The zero-order chi connectivity index (χ0) is 33.2. The summed E-state index contributed by atoms with van der Waals surface area (Å²) in [6.45, 7) is 5.69. The number of ether oxygens (including phenoxy) is 3. The van der Waals surface area contributed by atoms with Crippen molar-refractivity contribution >= 4 is 23.5 Å². The predicted molar refractivity (Wildman–Crippen MR) is 178 cm³/mol. The molecule has 0 radical (unpaired) electrons. The van der Waals surface area contributed by atoms with Gasteiger partial charge in [0.1, 0.15) is 30.2 Å². The maximum Gasteiger partial charge on any atom is 0.359 e. The molecule has 0 unspecified atom stereocenters. The Kier molecular flexibility index (Phi) is 11.1. The summed E-state index contributed by atoms with van der Waals surface area (Å²) in [5, 5.41) is 10.3. The molecule has 1 heterocycles. The van der Waals surface area contributed by atoms with Crippen LogP contribution in [0.3, 0.4) is 0 Å². The molecule has 10 heteroatoms. The number of rotatable bonds is 12. The SMILES string of the molecule is CC(C)(C)OC(=O)c1cc(C(=O)N[C@H]2CCCC[C@@H]2OCc2ccccc2)n(CC(=O)Nc2ccccc2OCc2ccccc2)n1. The number of aromatic nitrogens is 2. The Labute approximate surface area is 275 Å². The van der Waals surface area contributed by atoms with E-state index in [0.29, 0.717) is 24.7 Å². The highest BCUT2D eigenvalue weighted by atomic mass is 16.6. The zero-order valence-corrected chi connectivity index (χ0v) is 27.1. The lowest BCUT2D eigenvalue weighted by Gasteiger charge is -2.32. The number of hydrogen-bond acceptors (Lipinski definition) is 7. The molecule has 47 heavy (non-hydrogen) atoms. The second-order valence-corrected chi connectivity index (χ2v) is 12.6. The Hall–Kier alpha value is -4.96. The molecule has 2 amide bonds. The van der Waals surface area contributed by atoms with Gasteiger partial charge in [0.05, 0.1) is 24.4 Å². The number of carbonyl (C=O) groups excluding carboxylic acids is 3. The molecule has 1 aliphatic rings. The van der Waals surface area contributed by atoms with Gasteiger partial charge in [-0.2, -0.15) is 5.10 Å². The summed E-state index contributed by atoms with van der Waals surface area (Å²) in [6.07, 6.45) is 3.34. The molecule has 246 valence electrons. The van der Waals surface area contributed by atoms with Crippen molar-refractivity contribution in [3.05, 3.63) is 114 Å². The van der Waals surface area contributed by atoms with Gasteiger partial charge < -0.3 is 24.8 Å². The molecule has 5 rings (SSSR count). The smallest absolute Gasteiger partial charge is 0.359 e. The summed E-state index contributed by atoms with van der Waals surface area (Å²) in [5.74, 6) is -1.09. The molecule has 10 nitrogen and oxygen atoms in total. The molecular weight excluding hydrogens is 596 g/mol. The molecule has 0 aliphatic heterocycles. The van der Waals surface area contributed by atoms with Gasteiger partial charge >= 0.3 is 5.97 Å². The van der Waals surface area contributed by atoms with Crippen LogP contribution in [-0.2, 0) is 34.0 Å². The first kappa shape index (κ1) is 33.4. The van der Waals surface area contributed by atoms with Crippen LogP contribution in [-0.4, -0.2) is 45.3 Å². The van der Waals surface area contributed by atoms with Gasteiger partial charge in [-0.1, -0.05) is 85.6 Å². The summed E-state index contributed by atoms with van der Waals surface area (Å²) >= 11 is 0. The van der Waals surface area contributed by atoms with E-state index in [1.165, 1.54) is 10.7 Å². The lowest BCUT2D eigenvalue weighted by molar-refractivity contribution is -0.117. The van der Waals surface area contributed by atoms with Crippen molar-refractivity contribution in [3.63, 3.8) is 0 Å². The number of nitrogens with zero attached hydrogens (tertiary/aromatic N) is 2. The van der Waals surface area contributed by atoms with E-state index in [1.54, 1.807) is 39.0 Å². The van der Waals surface area contributed by atoms with Gasteiger partial charge in [-0.25, -0.2) is 9.48 Å². The number of amides is 2. The van der Waals surface area contributed by atoms with Crippen LogP contribution in [0.5, 0.6) is 5.75 Å². The highest BCUT2D eigenvalue weighted by Crippen LogP contribution is 2.26. The van der Waals surface area contributed by atoms with Crippen LogP contribution in [0.15, 0.2) is 91.0 Å². The number of benzene rings is 3. The second-order valence-electron chi connectivity index (χ2n) is 12.6. The molecule has 0 bridgehead atoms. The lowest BCUT2D eigenvalue weighted by Crippen LogP contribution is -2.46. The maximum atomic E-state index is 13.8. The fraction of sp³-hybridized carbons (Fsp3) is 0.351. The highest BCUT2D eigenvalue weighted by Gasteiger charge is 2.30. The Morgan fingerprint density at radius 1 is 0.851 bits per heavy atom. The monoisotopic (exact) mass is 638 g/mol. The molecule has 1 aliphatic carbocycles. The zero-order valence-electron chi connectivity index (χ0n) is 27.1. The van der Waals surface area contributed by atoms with E-state index in [4.69, 9.17) is 14.2 Å². The van der Waals surface area contributed by atoms with Crippen molar-refractivity contribution in [2.24, 2.45) is 0 Å². The number of nitrogens with one attached hydrogen (secondary N) is 2. The van der Waals surface area contributed by atoms with E-state index < -0.39 is 23.4 Å². The largest absolute Gasteiger partial charge is 0.487 e. The third kappa shape index (κ3) is 9.76. The van der Waals surface area contributed by atoms with Gasteiger partial charge in [-0.15, -0.1) is 0 Å². The van der Waals surface area contributed by atoms with Crippen LogP contribution < -0.4 is 15.4 Å². The average Bonchev–Trinajstić information content (AvgIpc) is 3.48. The van der Waals surface area contributed by atoms with Crippen molar-refractivity contribution < 1.29 is 28.6 Å². The fourth-order valence-corrected chi connectivity index (χ4v) is 5.39. The van der Waals surface area contributed by atoms with Crippen LogP contribution in [0.1, 0.15) is 78.6 Å². The Balaban J connectivity index is 1.31. The molecule has 0 spiro atoms. The number of para-hydroxylation sites is 2. The topological polar surface area (TPSA) is 121 Å². The van der Waals surface area contributed by atoms with E-state index in [2.05, 4.69) is 15.7 Å². The van der Waals surface area contributed by atoms with Gasteiger partial charge in [-0.3, -0.25) is 9.59 Å². The minimum atomic E-state index is -0.768. The highest BCUT2D eigenvalue weighted by molar-refractivity contribution is 5.98. The minimum absolute atomic E-state index is 0.0648. The Morgan fingerprint density at radius 2 is 1.49 bits per heavy atom. The van der Waals surface area contributed by atoms with E-state index in [1.807, 2.05) is 66.7 Å². The van der Waals surface area contributed by atoms with Crippen LogP contribution in [0.2, 0.25) is 0 Å². The molecule has 2 atom stereocenters. The van der Waals surface area contributed by atoms with E-state index in [0.717, 1.165) is 36.8 Å². The minimum Gasteiger partial charge on any atom is -0.487 e. The first-order valence-electron chi connectivity index (χ1n) is 16.0. The van der Waals surface area contributed by atoms with E-state index >= 15 is 0 Å². The first-order valence-corrected chi connectivity index (χ1v) is 16.0. The van der Waals surface area contributed by atoms with Crippen molar-refractivity contribution in [2.75, 3.05) is 5.32 Å². The summed E-state index contributed by atoms with van der Waals surface area (Å²) < 4.78 is 19.0. The maximum absolute atomic E-state index is 13.8. The molecule has 3 aromatic carbocycles. The molecule has 1 aromatic heterocycles. The number of carbonyl (C=O) groups is 3. The third-order valence-electron chi connectivity index (χ3n) is 7.64. The molecule has 1 fully saturated rings. The summed E-state index contributed by atoms with van der Waals surface area (Å²) in [7, 11) is 0. The molecule has 0 saturated heterocycles. The number of anilines is 1. The van der Waals surface area contributed by atoms with E-state index in [9.17, 15) is 14.4 Å². The lowest BCUT2D eigenvalue weighted by atomic mass is 9.92. The summed E-state index contributed by atoms with van der Waals surface area (Å²) in [5.41, 5.74) is 1.75. The van der Waals surface area contributed by atoms with Crippen LogP contribution >= 0.6 is 0 Å². The van der Waals surface area contributed by atoms with Gasteiger partial charge in [0.15, 0.2) is 5.69 Å². The summed E-state index contributed by atoms with van der Waals surface area (Å²) in [6, 6.07) is 27.9. The second kappa shape index (κ2) is 15.6. The molecule has 1 saturated carbocycles. The van der Waals surface area contributed by atoms with Gasteiger partial charge in [0.25, 0.3) is 5.91 Å². The van der Waals surface area contributed by atoms with Crippen molar-refractivity contribution in [1.29, 1.82) is 0 Å². The Morgan fingerprint density at radius 3 is 2.19 bits per heavy atom. The molecule has 2 N–H and O–H groups in total. The Bertz CT molecular complexity index is 1650. The van der Waals surface area contributed by atoms with Crippen LogP contribution in [0, 0.1) is 0 Å². The molecule has 4 aromatic rings.